The molecule has 0 atom stereocenters. The van der Waals surface area contributed by atoms with Crippen LogP contribution in [0.25, 0.3) is 0 Å². The zero-order chi connectivity index (χ0) is 16.3. The maximum Gasteiger partial charge on any atom is 0.243 e. The monoisotopic (exact) mass is 351 g/mol. The predicted octanol–water partition coefficient (Wildman–Crippen LogP) is 2.35. The molecule has 124 valence electrons. The molecule has 1 aliphatic heterocycles. The number of nitrogens with zero attached hydrogens (tertiary/aromatic N) is 3. The average molecular weight is 351 g/mol. The van der Waals surface area contributed by atoms with E-state index < -0.39 is 10.0 Å². The minimum atomic E-state index is -3.38. The molecule has 0 unspecified atom stereocenters. The van der Waals surface area contributed by atoms with Gasteiger partial charge >= 0.3 is 0 Å². The van der Waals surface area contributed by atoms with E-state index in [-0.39, 0.29) is 0 Å². The van der Waals surface area contributed by atoms with E-state index in [2.05, 4.69) is 9.88 Å². The van der Waals surface area contributed by atoms with E-state index in [9.17, 15) is 8.42 Å². The molecule has 5 nitrogen and oxygen atoms in total. The number of benzene rings is 1. The molecule has 1 saturated heterocycles. The van der Waals surface area contributed by atoms with Crippen molar-refractivity contribution in [3.63, 3.8) is 0 Å². The van der Waals surface area contributed by atoms with Crippen LogP contribution in [0, 0.1) is 6.92 Å². The number of aryl methyl sites for hydroxylation is 1. The highest BCUT2D eigenvalue weighted by molar-refractivity contribution is 7.89. The van der Waals surface area contributed by atoms with Crippen LogP contribution in [-0.4, -0.2) is 48.8 Å². The second-order valence-corrected chi connectivity index (χ2v) is 8.59. The van der Waals surface area contributed by atoms with Crippen LogP contribution in [0.15, 0.2) is 40.7 Å². The fraction of sp³-hybridized carbons (Fsp3) is 0.438. The molecule has 0 saturated carbocycles. The van der Waals surface area contributed by atoms with Gasteiger partial charge in [0, 0.05) is 31.1 Å². The van der Waals surface area contributed by atoms with Gasteiger partial charge in [0.2, 0.25) is 10.0 Å². The molecule has 0 N–H and O–H groups in total. The van der Waals surface area contributed by atoms with Gasteiger partial charge in [-0.1, -0.05) is 18.2 Å². The Morgan fingerprint density at radius 1 is 1.13 bits per heavy atom. The van der Waals surface area contributed by atoms with Gasteiger partial charge in [-0.05, 0) is 32.0 Å². The first kappa shape index (κ1) is 16.6. The summed E-state index contributed by atoms with van der Waals surface area (Å²) in [6.45, 7) is 5.66. The number of thiazole rings is 1. The van der Waals surface area contributed by atoms with Gasteiger partial charge in [0.1, 0.15) is 0 Å². The number of rotatable bonds is 4. The van der Waals surface area contributed by atoms with E-state index in [4.69, 9.17) is 0 Å². The smallest absolute Gasteiger partial charge is 0.243 e. The van der Waals surface area contributed by atoms with Crippen molar-refractivity contribution >= 4 is 21.4 Å². The Hall–Kier alpha value is -1.28. The van der Waals surface area contributed by atoms with E-state index in [1.165, 1.54) is 4.88 Å². The largest absolute Gasteiger partial charge is 0.297 e. The van der Waals surface area contributed by atoms with Gasteiger partial charge in [-0.25, -0.2) is 13.4 Å². The summed E-state index contributed by atoms with van der Waals surface area (Å²) in [7, 11) is -3.38. The van der Waals surface area contributed by atoms with Gasteiger partial charge in [0.15, 0.2) is 0 Å². The Balaban J connectivity index is 1.68. The molecule has 2 aromatic rings. The summed E-state index contributed by atoms with van der Waals surface area (Å²) in [5, 5.41) is 0. The summed E-state index contributed by atoms with van der Waals surface area (Å²) in [6.07, 6.45) is 0.851. The van der Waals surface area contributed by atoms with Gasteiger partial charge in [0.05, 0.1) is 16.1 Å². The first-order valence-electron chi connectivity index (χ1n) is 7.74. The maximum absolute atomic E-state index is 12.7. The minimum Gasteiger partial charge on any atom is -0.297 e. The molecule has 3 rings (SSSR count). The standard InChI is InChI=1S/C16H21N3O2S2/c1-14-16(22-13-17-14)12-18-8-5-9-19(11-10-18)23(20,21)15-6-3-2-4-7-15/h2-4,6-7,13H,5,8-12H2,1H3. The summed E-state index contributed by atoms with van der Waals surface area (Å²) in [5.74, 6) is 0. The highest BCUT2D eigenvalue weighted by atomic mass is 32.2. The number of hydrogen-bond donors (Lipinski definition) is 0. The van der Waals surface area contributed by atoms with Crippen LogP contribution in [0.2, 0.25) is 0 Å². The van der Waals surface area contributed by atoms with Crippen molar-refractivity contribution in [3.05, 3.63) is 46.4 Å². The number of sulfonamides is 1. The molecule has 0 bridgehead atoms. The van der Waals surface area contributed by atoms with Gasteiger partial charge in [0.25, 0.3) is 0 Å². The van der Waals surface area contributed by atoms with Crippen molar-refractivity contribution in [1.82, 2.24) is 14.2 Å². The third kappa shape index (κ3) is 3.80. The van der Waals surface area contributed by atoms with Crippen LogP contribution in [0.4, 0.5) is 0 Å². The summed E-state index contributed by atoms with van der Waals surface area (Å²) in [5.41, 5.74) is 2.95. The summed E-state index contributed by atoms with van der Waals surface area (Å²) >= 11 is 1.67. The summed E-state index contributed by atoms with van der Waals surface area (Å²) < 4.78 is 27.0. The van der Waals surface area contributed by atoms with Gasteiger partial charge in [-0.3, -0.25) is 4.90 Å². The van der Waals surface area contributed by atoms with E-state index in [0.29, 0.717) is 18.0 Å². The quantitative estimate of drug-likeness (QED) is 0.848. The first-order chi connectivity index (χ1) is 11.1. The Bertz CT molecular complexity index is 744. The molecule has 7 heteroatoms. The normalized spacial score (nSPS) is 18.0. The second-order valence-electron chi connectivity index (χ2n) is 5.71. The number of hydrogen-bond acceptors (Lipinski definition) is 5. The lowest BCUT2D eigenvalue weighted by Gasteiger charge is -2.21. The zero-order valence-electron chi connectivity index (χ0n) is 13.2. The fourth-order valence-electron chi connectivity index (χ4n) is 2.77. The zero-order valence-corrected chi connectivity index (χ0v) is 14.8. The molecular weight excluding hydrogens is 330 g/mol. The van der Waals surface area contributed by atoms with Crippen molar-refractivity contribution in [2.75, 3.05) is 26.2 Å². The first-order valence-corrected chi connectivity index (χ1v) is 10.1. The van der Waals surface area contributed by atoms with Crippen molar-refractivity contribution in [2.45, 2.75) is 24.8 Å². The Morgan fingerprint density at radius 2 is 1.91 bits per heavy atom. The average Bonchev–Trinajstić information content (AvgIpc) is 2.82. The molecule has 1 aliphatic rings. The van der Waals surface area contributed by atoms with E-state index >= 15 is 0 Å². The Morgan fingerprint density at radius 3 is 2.61 bits per heavy atom. The second kappa shape index (κ2) is 7.09. The summed E-state index contributed by atoms with van der Waals surface area (Å²) in [4.78, 5) is 8.25. The molecule has 0 aliphatic carbocycles. The lowest BCUT2D eigenvalue weighted by Crippen LogP contribution is -2.35. The van der Waals surface area contributed by atoms with Crippen molar-refractivity contribution in [1.29, 1.82) is 0 Å². The minimum absolute atomic E-state index is 0.381. The van der Waals surface area contributed by atoms with Gasteiger partial charge in [-0.15, -0.1) is 11.3 Å². The van der Waals surface area contributed by atoms with E-state index in [1.807, 2.05) is 18.5 Å². The van der Waals surface area contributed by atoms with Crippen LogP contribution in [-0.2, 0) is 16.6 Å². The molecule has 2 heterocycles. The topological polar surface area (TPSA) is 53.5 Å². The molecule has 23 heavy (non-hydrogen) atoms. The highest BCUT2D eigenvalue weighted by Gasteiger charge is 2.26. The molecule has 0 amide bonds. The fourth-order valence-corrected chi connectivity index (χ4v) is 5.08. The van der Waals surface area contributed by atoms with Crippen LogP contribution in [0.3, 0.4) is 0 Å². The number of aromatic nitrogens is 1. The Kier molecular flexibility index (Phi) is 5.11. The highest BCUT2D eigenvalue weighted by Crippen LogP contribution is 2.20. The Labute approximate surface area is 141 Å². The van der Waals surface area contributed by atoms with Crippen molar-refractivity contribution in [3.8, 4) is 0 Å². The van der Waals surface area contributed by atoms with E-state index in [0.717, 1.165) is 31.7 Å². The van der Waals surface area contributed by atoms with E-state index in [1.54, 1.807) is 39.9 Å². The summed E-state index contributed by atoms with van der Waals surface area (Å²) in [6, 6.07) is 8.70. The lowest BCUT2D eigenvalue weighted by atomic mass is 10.3. The third-order valence-electron chi connectivity index (χ3n) is 4.14. The van der Waals surface area contributed by atoms with Crippen molar-refractivity contribution < 1.29 is 8.42 Å². The van der Waals surface area contributed by atoms with Crippen LogP contribution >= 0.6 is 11.3 Å². The van der Waals surface area contributed by atoms with Gasteiger partial charge < -0.3 is 0 Å². The van der Waals surface area contributed by atoms with Gasteiger partial charge in [-0.2, -0.15) is 4.31 Å². The molecule has 0 radical (unpaired) electrons. The van der Waals surface area contributed by atoms with Crippen LogP contribution in [0.5, 0.6) is 0 Å². The predicted molar refractivity (Wildman–Crippen MR) is 91.9 cm³/mol. The van der Waals surface area contributed by atoms with Crippen LogP contribution < -0.4 is 0 Å². The van der Waals surface area contributed by atoms with Crippen LogP contribution in [0.1, 0.15) is 17.0 Å². The molecule has 1 aromatic carbocycles. The maximum atomic E-state index is 12.7. The molecule has 0 spiro atoms. The third-order valence-corrected chi connectivity index (χ3v) is 6.97. The molecule has 1 fully saturated rings. The lowest BCUT2D eigenvalue weighted by molar-refractivity contribution is 0.280. The SMILES string of the molecule is Cc1ncsc1CN1CCCN(S(=O)(=O)c2ccccc2)CC1. The molecule has 1 aromatic heterocycles. The van der Waals surface area contributed by atoms with Crippen molar-refractivity contribution in [2.24, 2.45) is 0 Å². The molecular formula is C16H21N3O2S2.